The fourth-order valence-corrected chi connectivity index (χ4v) is 9.65. The second kappa shape index (κ2) is 2.98. The van der Waals surface area contributed by atoms with Gasteiger partial charge in [-0.15, -0.1) is 0 Å². The first-order valence-electron chi connectivity index (χ1n) is 4.69. The minimum absolute atomic E-state index is 0.894. The second-order valence-electron chi connectivity index (χ2n) is 4.33. The number of halogens is 2. The Morgan fingerprint density at radius 1 is 0.833 bits per heavy atom. The average molecular weight is 359 g/mol. The van der Waals surface area contributed by atoms with E-state index in [0.29, 0.717) is 0 Å². The summed E-state index contributed by atoms with van der Waals surface area (Å²) in [5, 5.41) is 0. The van der Waals surface area contributed by atoms with Gasteiger partial charge >= 0.3 is 97.2 Å². The van der Waals surface area contributed by atoms with Crippen molar-refractivity contribution in [3.05, 3.63) is 0 Å². The molecular weight excluding hydrogens is 347 g/mol. The van der Waals surface area contributed by atoms with E-state index in [4.69, 9.17) is 0 Å². The molecule has 2 saturated heterocycles. The average Bonchev–Trinajstić information content (AvgIpc) is 2.02. The number of rotatable bonds is 0. The summed E-state index contributed by atoms with van der Waals surface area (Å²) in [4.78, 5) is 3.94. The molecule has 0 N–H and O–H groups in total. The van der Waals surface area contributed by atoms with E-state index in [1.807, 2.05) is 0 Å². The SMILES string of the molecule is BrC1C2CC3CC1[Se]C(C2)C3Br. The Hall–Kier alpha value is 1.48. The van der Waals surface area contributed by atoms with Gasteiger partial charge in [0.1, 0.15) is 0 Å². The Kier molecular flexibility index (Phi) is 2.18. The van der Waals surface area contributed by atoms with Crippen molar-refractivity contribution in [3.63, 3.8) is 0 Å². The first-order chi connectivity index (χ1) is 5.75. The van der Waals surface area contributed by atoms with E-state index in [2.05, 4.69) is 31.9 Å². The number of hydrogen-bond donors (Lipinski definition) is 0. The molecule has 6 atom stereocenters. The minimum atomic E-state index is 0.894. The maximum atomic E-state index is 3.90. The zero-order valence-corrected chi connectivity index (χ0v) is 11.6. The molecule has 68 valence electrons. The summed E-state index contributed by atoms with van der Waals surface area (Å²) in [6.07, 6.45) is 4.52. The van der Waals surface area contributed by atoms with Gasteiger partial charge in [-0.3, -0.25) is 0 Å². The Labute approximate surface area is 96.7 Å². The van der Waals surface area contributed by atoms with Gasteiger partial charge in [0.2, 0.25) is 0 Å². The monoisotopic (exact) mass is 358 g/mol. The van der Waals surface area contributed by atoms with Crippen LogP contribution in [0.25, 0.3) is 0 Å². The van der Waals surface area contributed by atoms with Crippen molar-refractivity contribution < 1.29 is 0 Å². The third-order valence-corrected chi connectivity index (χ3v) is 11.5. The summed E-state index contributed by atoms with van der Waals surface area (Å²) in [7, 11) is 0. The zero-order chi connectivity index (χ0) is 8.29. The molecular formula is C9H12Br2Se. The third-order valence-electron chi connectivity index (χ3n) is 3.64. The second-order valence-corrected chi connectivity index (χ2v) is 9.56. The van der Waals surface area contributed by atoms with Gasteiger partial charge in [-0.05, 0) is 0 Å². The molecule has 4 bridgehead atoms. The van der Waals surface area contributed by atoms with Crippen molar-refractivity contribution in [1.29, 1.82) is 0 Å². The van der Waals surface area contributed by atoms with E-state index in [1.165, 1.54) is 19.3 Å². The maximum absolute atomic E-state index is 3.90. The van der Waals surface area contributed by atoms with Crippen LogP contribution in [-0.4, -0.2) is 24.6 Å². The summed E-state index contributed by atoms with van der Waals surface area (Å²) in [5.41, 5.74) is 0. The van der Waals surface area contributed by atoms with Gasteiger partial charge in [0.15, 0.2) is 0 Å². The van der Waals surface area contributed by atoms with Gasteiger partial charge in [-0.25, -0.2) is 0 Å². The fourth-order valence-electron chi connectivity index (χ4n) is 3.05. The van der Waals surface area contributed by atoms with Gasteiger partial charge in [0.25, 0.3) is 0 Å². The first kappa shape index (κ1) is 8.76. The van der Waals surface area contributed by atoms with Crippen LogP contribution in [0.4, 0.5) is 0 Å². The Morgan fingerprint density at radius 2 is 1.33 bits per heavy atom. The molecule has 2 saturated carbocycles. The van der Waals surface area contributed by atoms with Crippen LogP contribution in [0, 0.1) is 11.8 Å². The normalized spacial score (nSPS) is 62.5. The number of alkyl halides is 2. The molecule has 4 aliphatic rings. The molecule has 3 heteroatoms. The first-order valence-corrected chi connectivity index (χ1v) is 8.50. The Morgan fingerprint density at radius 3 is 1.75 bits per heavy atom. The summed E-state index contributed by atoms with van der Waals surface area (Å²) < 4.78 is 0. The molecule has 2 heterocycles. The molecule has 0 aromatic carbocycles. The molecule has 12 heavy (non-hydrogen) atoms. The van der Waals surface area contributed by atoms with Gasteiger partial charge in [-0.2, -0.15) is 0 Å². The summed E-state index contributed by atoms with van der Waals surface area (Å²) in [5.74, 6) is 2.06. The third kappa shape index (κ3) is 1.12. The number of hydrogen-bond acceptors (Lipinski definition) is 0. The summed E-state index contributed by atoms with van der Waals surface area (Å²) in [6, 6.07) is 0. The fraction of sp³-hybridized carbons (Fsp3) is 1.00. The zero-order valence-electron chi connectivity index (χ0n) is 6.75. The molecule has 2 aliphatic carbocycles. The Bertz CT molecular complexity index is 159. The van der Waals surface area contributed by atoms with E-state index < -0.39 is 0 Å². The quantitative estimate of drug-likeness (QED) is 0.460. The molecule has 0 radical (unpaired) electrons. The van der Waals surface area contributed by atoms with E-state index in [1.54, 1.807) is 0 Å². The molecule has 0 spiro atoms. The van der Waals surface area contributed by atoms with Gasteiger partial charge in [-0.1, -0.05) is 0 Å². The summed E-state index contributed by atoms with van der Waals surface area (Å²) in [6.45, 7) is 0. The van der Waals surface area contributed by atoms with Crippen molar-refractivity contribution in [2.24, 2.45) is 11.8 Å². The van der Waals surface area contributed by atoms with E-state index in [9.17, 15) is 0 Å². The van der Waals surface area contributed by atoms with Gasteiger partial charge in [0.05, 0.1) is 0 Å². The van der Waals surface area contributed by atoms with Gasteiger partial charge < -0.3 is 0 Å². The van der Waals surface area contributed by atoms with Crippen LogP contribution in [0.2, 0.25) is 9.63 Å². The van der Waals surface area contributed by atoms with E-state index >= 15 is 0 Å². The van der Waals surface area contributed by atoms with Crippen LogP contribution >= 0.6 is 31.9 Å². The van der Waals surface area contributed by atoms with Crippen LogP contribution in [-0.2, 0) is 0 Å². The van der Waals surface area contributed by atoms with Gasteiger partial charge in [0, 0.05) is 0 Å². The topological polar surface area (TPSA) is 0 Å². The van der Waals surface area contributed by atoms with Crippen LogP contribution in [0.3, 0.4) is 0 Å². The molecule has 2 aliphatic heterocycles. The van der Waals surface area contributed by atoms with Crippen LogP contribution in [0.15, 0.2) is 0 Å². The van der Waals surface area contributed by atoms with Crippen molar-refractivity contribution in [3.8, 4) is 0 Å². The predicted octanol–water partition coefficient (Wildman–Crippen LogP) is 3.24. The van der Waals surface area contributed by atoms with Crippen molar-refractivity contribution in [2.75, 3.05) is 0 Å². The van der Waals surface area contributed by atoms with Crippen LogP contribution < -0.4 is 0 Å². The molecule has 0 aromatic rings. The predicted molar refractivity (Wildman–Crippen MR) is 59.5 cm³/mol. The molecule has 6 unspecified atom stereocenters. The van der Waals surface area contributed by atoms with Crippen molar-refractivity contribution in [2.45, 2.75) is 38.5 Å². The molecule has 0 aromatic heterocycles. The van der Waals surface area contributed by atoms with Crippen molar-refractivity contribution in [1.82, 2.24) is 0 Å². The van der Waals surface area contributed by atoms with Crippen LogP contribution in [0.1, 0.15) is 19.3 Å². The molecule has 4 rings (SSSR count). The standard InChI is InChI=1S/C9H12Br2Se/c10-8-4-1-5-3-7(8)12-6(2-4)9(5)11/h4-9H,1-3H2. The van der Waals surface area contributed by atoms with Crippen LogP contribution in [0.5, 0.6) is 0 Å². The molecule has 0 amide bonds. The van der Waals surface area contributed by atoms with E-state index in [0.717, 1.165) is 46.1 Å². The van der Waals surface area contributed by atoms with Crippen molar-refractivity contribution >= 4 is 46.8 Å². The summed E-state index contributed by atoms with van der Waals surface area (Å²) >= 11 is 8.73. The Balaban J connectivity index is 1.91. The van der Waals surface area contributed by atoms with E-state index in [-0.39, 0.29) is 0 Å². The molecule has 0 nitrogen and oxygen atoms in total. The molecule has 4 fully saturated rings.